The van der Waals surface area contributed by atoms with Crippen LogP contribution in [0.2, 0.25) is 5.15 Å². The molecule has 2 heterocycles. The first kappa shape index (κ1) is 10.0. The highest BCUT2D eigenvalue weighted by atomic mass is 35.5. The van der Waals surface area contributed by atoms with E-state index < -0.39 is 0 Å². The minimum atomic E-state index is 0.550. The normalized spacial score (nSPS) is 17.4. The standard InChI is InChI=1S/C11H13ClN4/c1-7-9(8-4-2-3-5-8)10(12)16-11(15-7)13-6-14-16/h6,8H,2-5H2,1H3. The molecule has 0 radical (unpaired) electrons. The van der Waals surface area contributed by atoms with Crippen molar-refractivity contribution in [3.8, 4) is 0 Å². The summed E-state index contributed by atoms with van der Waals surface area (Å²) in [5.41, 5.74) is 2.16. The Kier molecular flexibility index (Phi) is 2.32. The minimum absolute atomic E-state index is 0.550. The fraction of sp³-hybridized carbons (Fsp3) is 0.545. The number of hydrogen-bond acceptors (Lipinski definition) is 3. The lowest BCUT2D eigenvalue weighted by Crippen LogP contribution is -2.05. The van der Waals surface area contributed by atoms with Gasteiger partial charge in [0.05, 0.1) is 0 Å². The second-order valence-corrected chi connectivity index (χ2v) is 4.71. The van der Waals surface area contributed by atoms with E-state index in [-0.39, 0.29) is 0 Å². The molecule has 0 atom stereocenters. The van der Waals surface area contributed by atoms with E-state index in [9.17, 15) is 0 Å². The first-order valence-electron chi connectivity index (χ1n) is 5.63. The van der Waals surface area contributed by atoms with Crippen LogP contribution in [-0.2, 0) is 0 Å². The van der Waals surface area contributed by atoms with Crippen molar-refractivity contribution in [3.63, 3.8) is 0 Å². The first-order chi connectivity index (χ1) is 7.77. The van der Waals surface area contributed by atoms with E-state index in [1.807, 2.05) is 6.92 Å². The molecule has 0 bridgehead atoms. The van der Waals surface area contributed by atoms with Crippen LogP contribution in [0.5, 0.6) is 0 Å². The average Bonchev–Trinajstić information content (AvgIpc) is 2.87. The van der Waals surface area contributed by atoms with Gasteiger partial charge in [0.15, 0.2) is 0 Å². The van der Waals surface area contributed by atoms with Crippen LogP contribution in [0.25, 0.3) is 5.78 Å². The summed E-state index contributed by atoms with van der Waals surface area (Å²) in [6.07, 6.45) is 6.49. The number of nitrogens with zero attached hydrogens (tertiary/aromatic N) is 4. The Hall–Kier alpha value is -1.16. The van der Waals surface area contributed by atoms with Crippen molar-refractivity contribution in [2.75, 3.05) is 0 Å². The van der Waals surface area contributed by atoms with Crippen molar-refractivity contribution in [2.45, 2.75) is 38.5 Å². The third kappa shape index (κ3) is 1.40. The summed E-state index contributed by atoms with van der Waals surface area (Å²) < 4.78 is 1.63. The van der Waals surface area contributed by atoms with Gasteiger partial charge < -0.3 is 0 Å². The van der Waals surface area contributed by atoms with Gasteiger partial charge in [-0.1, -0.05) is 24.4 Å². The third-order valence-corrected chi connectivity index (χ3v) is 3.72. The molecular weight excluding hydrogens is 224 g/mol. The molecule has 0 amide bonds. The van der Waals surface area contributed by atoms with Gasteiger partial charge in [-0.15, -0.1) is 0 Å². The molecule has 1 saturated carbocycles. The Balaban J connectivity index is 2.21. The lowest BCUT2D eigenvalue weighted by molar-refractivity contribution is 0.699. The molecular formula is C11H13ClN4. The van der Waals surface area contributed by atoms with E-state index in [1.165, 1.54) is 32.0 Å². The molecule has 1 aliphatic carbocycles. The molecule has 0 aromatic carbocycles. The monoisotopic (exact) mass is 236 g/mol. The van der Waals surface area contributed by atoms with E-state index in [0.29, 0.717) is 16.8 Å². The molecule has 5 heteroatoms. The van der Waals surface area contributed by atoms with Gasteiger partial charge in [-0.25, -0.2) is 4.98 Å². The summed E-state index contributed by atoms with van der Waals surface area (Å²) in [6.45, 7) is 2.01. The quantitative estimate of drug-likeness (QED) is 0.715. The molecule has 0 unspecified atom stereocenters. The van der Waals surface area contributed by atoms with Gasteiger partial charge in [-0.05, 0) is 25.7 Å². The zero-order valence-electron chi connectivity index (χ0n) is 9.15. The Bertz CT molecular complexity index is 528. The van der Waals surface area contributed by atoms with Crippen LogP contribution in [0.15, 0.2) is 6.33 Å². The van der Waals surface area contributed by atoms with Crippen molar-refractivity contribution in [3.05, 3.63) is 22.7 Å². The zero-order chi connectivity index (χ0) is 11.1. The van der Waals surface area contributed by atoms with Gasteiger partial charge >= 0.3 is 0 Å². The molecule has 0 spiro atoms. The van der Waals surface area contributed by atoms with Gasteiger partial charge in [0.1, 0.15) is 11.5 Å². The largest absolute Gasteiger partial charge is 0.253 e. The van der Waals surface area contributed by atoms with Gasteiger partial charge in [0.2, 0.25) is 0 Å². The topological polar surface area (TPSA) is 43.1 Å². The molecule has 84 valence electrons. The highest BCUT2D eigenvalue weighted by Crippen LogP contribution is 2.38. The van der Waals surface area contributed by atoms with E-state index in [4.69, 9.17) is 11.6 Å². The fourth-order valence-electron chi connectivity index (χ4n) is 2.60. The Morgan fingerprint density at radius 3 is 2.88 bits per heavy atom. The van der Waals surface area contributed by atoms with Crippen molar-refractivity contribution in [1.82, 2.24) is 19.6 Å². The van der Waals surface area contributed by atoms with E-state index in [0.717, 1.165) is 11.3 Å². The number of aromatic nitrogens is 4. The maximum atomic E-state index is 6.39. The Morgan fingerprint density at radius 1 is 1.38 bits per heavy atom. The summed E-state index contributed by atoms with van der Waals surface area (Å²) in [6, 6.07) is 0. The molecule has 2 aromatic rings. The van der Waals surface area contributed by atoms with Crippen LogP contribution in [0.4, 0.5) is 0 Å². The predicted octanol–water partition coefficient (Wildman–Crippen LogP) is 2.74. The van der Waals surface area contributed by atoms with Crippen molar-refractivity contribution >= 4 is 17.4 Å². The highest BCUT2D eigenvalue weighted by molar-refractivity contribution is 6.30. The van der Waals surface area contributed by atoms with Gasteiger partial charge in [0, 0.05) is 11.3 Å². The zero-order valence-corrected chi connectivity index (χ0v) is 9.91. The first-order valence-corrected chi connectivity index (χ1v) is 6.01. The van der Waals surface area contributed by atoms with Crippen molar-refractivity contribution < 1.29 is 0 Å². The number of hydrogen-bond donors (Lipinski definition) is 0. The molecule has 0 aliphatic heterocycles. The highest BCUT2D eigenvalue weighted by Gasteiger charge is 2.24. The molecule has 0 N–H and O–H groups in total. The average molecular weight is 237 g/mol. The second-order valence-electron chi connectivity index (χ2n) is 4.35. The lowest BCUT2D eigenvalue weighted by Gasteiger charge is -2.14. The van der Waals surface area contributed by atoms with Crippen LogP contribution in [0.1, 0.15) is 42.9 Å². The number of halogens is 1. The molecule has 3 rings (SSSR count). The molecule has 4 nitrogen and oxygen atoms in total. The summed E-state index contributed by atoms with van der Waals surface area (Å²) in [4.78, 5) is 8.51. The smallest absolute Gasteiger partial charge is 0.216 e. The van der Waals surface area contributed by atoms with Crippen molar-refractivity contribution in [2.24, 2.45) is 0 Å². The molecule has 0 saturated heterocycles. The maximum Gasteiger partial charge on any atom is 0.253 e. The Morgan fingerprint density at radius 2 is 2.12 bits per heavy atom. The number of fused-ring (bicyclic) bond motifs is 1. The lowest BCUT2D eigenvalue weighted by atomic mass is 9.98. The second kappa shape index (κ2) is 3.70. The predicted molar refractivity (Wildman–Crippen MR) is 61.7 cm³/mol. The fourth-order valence-corrected chi connectivity index (χ4v) is 3.01. The van der Waals surface area contributed by atoms with Crippen molar-refractivity contribution in [1.29, 1.82) is 0 Å². The van der Waals surface area contributed by atoms with Crippen LogP contribution < -0.4 is 0 Å². The molecule has 1 fully saturated rings. The van der Waals surface area contributed by atoms with E-state index in [1.54, 1.807) is 4.52 Å². The molecule has 1 aliphatic rings. The van der Waals surface area contributed by atoms with Gasteiger partial charge in [0.25, 0.3) is 5.78 Å². The van der Waals surface area contributed by atoms with Gasteiger partial charge in [-0.3, -0.25) is 0 Å². The summed E-state index contributed by atoms with van der Waals surface area (Å²) in [7, 11) is 0. The summed E-state index contributed by atoms with van der Waals surface area (Å²) in [5.74, 6) is 1.14. The third-order valence-electron chi connectivity index (χ3n) is 3.36. The summed E-state index contributed by atoms with van der Waals surface area (Å²) in [5, 5.41) is 4.79. The van der Waals surface area contributed by atoms with Crippen LogP contribution in [-0.4, -0.2) is 19.6 Å². The molecule has 16 heavy (non-hydrogen) atoms. The van der Waals surface area contributed by atoms with E-state index >= 15 is 0 Å². The van der Waals surface area contributed by atoms with Crippen LogP contribution >= 0.6 is 11.6 Å². The minimum Gasteiger partial charge on any atom is -0.216 e. The maximum absolute atomic E-state index is 6.39. The Labute approximate surface area is 98.7 Å². The van der Waals surface area contributed by atoms with Crippen LogP contribution in [0.3, 0.4) is 0 Å². The van der Waals surface area contributed by atoms with Crippen LogP contribution in [0, 0.1) is 6.92 Å². The SMILES string of the molecule is Cc1nc2ncnn2c(Cl)c1C1CCCC1. The summed E-state index contributed by atoms with van der Waals surface area (Å²) >= 11 is 6.39. The van der Waals surface area contributed by atoms with Gasteiger partial charge in [-0.2, -0.15) is 14.6 Å². The van der Waals surface area contributed by atoms with E-state index in [2.05, 4.69) is 15.1 Å². The number of aryl methyl sites for hydroxylation is 1. The molecule has 2 aromatic heterocycles. The number of rotatable bonds is 1.